The summed E-state index contributed by atoms with van der Waals surface area (Å²) < 4.78 is 20.9. The van der Waals surface area contributed by atoms with Crippen molar-refractivity contribution in [2.24, 2.45) is 10.2 Å². The number of nitrogens with one attached hydrogen (secondary N) is 1. The van der Waals surface area contributed by atoms with Gasteiger partial charge in [-0.05, 0) is 48.5 Å². The quantitative estimate of drug-likeness (QED) is 0.465. The molecule has 1 N–H and O–H groups in total. The van der Waals surface area contributed by atoms with E-state index in [4.69, 9.17) is 4.74 Å². The third-order valence-corrected chi connectivity index (χ3v) is 4.36. The Kier molecular flexibility index (Phi) is 5.03. The van der Waals surface area contributed by atoms with E-state index in [1.54, 1.807) is 61.7 Å². The average molecular weight is 388 g/mol. The fourth-order valence-corrected chi connectivity index (χ4v) is 2.89. The number of para-hydroxylation sites is 1. The maximum atomic E-state index is 14.4. The van der Waals surface area contributed by atoms with Gasteiger partial charge in [-0.3, -0.25) is 9.89 Å². The summed E-state index contributed by atoms with van der Waals surface area (Å²) in [4.78, 5) is 13.0. The Morgan fingerprint density at radius 2 is 1.59 bits per heavy atom. The molecule has 144 valence electrons. The lowest BCUT2D eigenvalue weighted by atomic mass is 10.1. The van der Waals surface area contributed by atoms with E-state index in [1.807, 2.05) is 18.2 Å². The van der Waals surface area contributed by atoms with Crippen molar-refractivity contribution in [1.82, 2.24) is 9.78 Å². The molecule has 6 nitrogen and oxygen atoms in total. The lowest BCUT2D eigenvalue weighted by molar-refractivity contribution is 0.415. The largest absolute Gasteiger partial charge is 0.497 e. The summed E-state index contributed by atoms with van der Waals surface area (Å²) in [5.74, 6) is 0.221. The first kappa shape index (κ1) is 18.4. The minimum absolute atomic E-state index is 0.0229. The predicted molar refractivity (Wildman–Crippen MR) is 109 cm³/mol. The van der Waals surface area contributed by atoms with Gasteiger partial charge in [-0.15, -0.1) is 5.11 Å². The highest BCUT2D eigenvalue weighted by Gasteiger charge is 2.19. The second-order valence-corrected chi connectivity index (χ2v) is 6.19. The number of hydrogen-bond acceptors (Lipinski definition) is 4. The van der Waals surface area contributed by atoms with Crippen molar-refractivity contribution in [3.05, 3.63) is 95.0 Å². The zero-order valence-corrected chi connectivity index (χ0v) is 15.5. The van der Waals surface area contributed by atoms with Gasteiger partial charge >= 0.3 is 0 Å². The molecule has 0 spiro atoms. The van der Waals surface area contributed by atoms with Crippen LogP contribution in [-0.2, 0) is 0 Å². The number of halogens is 1. The fraction of sp³-hybridized carbons (Fsp3) is 0.0455. The molecule has 0 bridgehead atoms. The number of methoxy groups -OCH3 is 1. The second kappa shape index (κ2) is 7.93. The van der Waals surface area contributed by atoms with Crippen molar-refractivity contribution < 1.29 is 9.13 Å². The Bertz CT molecular complexity index is 1210. The van der Waals surface area contributed by atoms with E-state index >= 15 is 0 Å². The molecule has 0 aliphatic heterocycles. The molecule has 0 unspecified atom stereocenters. The molecule has 3 aromatic carbocycles. The summed E-state index contributed by atoms with van der Waals surface area (Å²) in [6.45, 7) is 0. The summed E-state index contributed by atoms with van der Waals surface area (Å²) in [6.07, 6.45) is 0. The summed E-state index contributed by atoms with van der Waals surface area (Å²) in [5, 5.41) is 11.3. The zero-order valence-electron chi connectivity index (χ0n) is 15.5. The number of azo groups is 1. The summed E-state index contributed by atoms with van der Waals surface area (Å²) in [5.41, 5.74) is 1.25. The Hall–Kier alpha value is -4.00. The van der Waals surface area contributed by atoms with E-state index in [0.717, 1.165) is 0 Å². The van der Waals surface area contributed by atoms with Gasteiger partial charge in [0.25, 0.3) is 5.56 Å². The molecular formula is C22H17FN4O2. The van der Waals surface area contributed by atoms with Crippen LogP contribution in [0.4, 0.5) is 15.8 Å². The highest BCUT2D eigenvalue weighted by atomic mass is 19.1. The van der Waals surface area contributed by atoms with Gasteiger partial charge in [-0.25, -0.2) is 9.07 Å². The molecule has 0 aliphatic carbocycles. The van der Waals surface area contributed by atoms with Gasteiger partial charge in [0.1, 0.15) is 11.6 Å². The number of nitrogens with zero attached hydrogens (tertiary/aromatic N) is 3. The van der Waals surface area contributed by atoms with Gasteiger partial charge in [-0.1, -0.05) is 30.3 Å². The highest BCUT2D eigenvalue weighted by molar-refractivity contribution is 5.72. The smallest absolute Gasteiger partial charge is 0.299 e. The number of rotatable bonds is 5. The van der Waals surface area contributed by atoms with E-state index in [-0.39, 0.29) is 16.9 Å². The second-order valence-electron chi connectivity index (χ2n) is 6.19. The average Bonchev–Trinajstić information content (AvgIpc) is 3.09. The molecule has 0 fully saturated rings. The van der Waals surface area contributed by atoms with Crippen LogP contribution >= 0.6 is 0 Å². The first-order valence-corrected chi connectivity index (χ1v) is 8.88. The van der Waals surface area contributed by atoms with E-state index in [9.17, 15) is 9.18 Å². The lowest BCUT2D eigenvalue weighted by Crippen LogP contribution is -2.13. The van der Waals surface area contributed by atoms with Crippen LogP contribution in [0.25, 0.3) is 16.9 Å². The maximum Gasteiger partial charge on any atom is 0.299 e. The number of hydrogen-bond donors (Lipinski definition) is 1. The standard InChI is InChI=1S/C22H17FN4O2/c1-29-17-13-11-15(12-14-17)24-25-21-20(18-9-5-6-10-19(18)23)26-27(22(21)28)16-7-3-2-4-8-16/h2-14,26H,1H3. The molecule has 4 aromatic rings. The lowest BCUT2D eigenvalue weighted by Gasteiger charge is -2.02. The Morgan fingerprint density at radius 1 is 0.897 bits per heavy atom. The first-order chi connectivity index (χ1) is 14.2. The monoisotopic (exact) mass is 388 g/mol. The van der Waals surface area contributed by atoms with Crippen LogP contribution < -0.4 is 10.3 Å². The van der Waals surface area contributed by atoms with Crippen molar-refractivity contribution in [3.8, 4) is 22.7 Å². The molecule has 0 amide bonds. The molecule has 0 saturated heterocycles. The molecule has 0 atom stereocenters. The Morgan fingerprint density at radius 3 is 2.28 bits per heavy atom. The minimum Gasteiger partial charge on any atom is -0.497 e. The number of aromatic amines is 1. The van der Waals surface area contributed by atoms with Gasteiger partial charge in [0.05, 0.1) is 24.2 Å². The van der Waals surface area contributed by atoms with Crippen LogP contribution in [0.15, 0.2) is 93.9 Å². The van der Waals surface area contributed by atoms with Crippen molar-refractivity contribution in [3.63, 3.8) is 0 Å². The number of aromatic nitrogens is 2. The van der Waals surface area contributed by atoms with Gasteiger partial charge in [0.2, 0.25) is 0 Å². The van der Waals surface area contributed by atoms with Crippen LogP contribution in [0.2, 0.25) is 0 Å². The normalized spacial score (nSPS) is 11.1. The van der Waals surface area contributed by atoms with Gasteiger partial charge in [0.15, 0.2) is 5.69 Å². The van der Waals surface area contributed by atoms with E-state index < -0.39 is 11.4 Å². The van der Waals surface area contributed by atoms with E-state index in [0.29, 0.717) is 17.1 Å². The highest BCUT2D eigenvalue weighted by Crippen LogP contribution is 2.30. The topological polar surface area (TPSA) is 71.7 Å². The Balaban J connectivity index is 1.84. The zero-order chi connectivity index (χ0) is 20.2. The van der Waals surface area contributed by atoms with Crippen molar-refractivity contribution >= 4 is 11.4 Å². The molecule has 1 aromatic heterocycles. The molecule has 29 heavy (non-hydrogen) atoms. The van der Waals surface area contributed by atoms with Crippen molar-refractivity contribution in [1.29, 1.82) is 0 Å². The van der Waals surface area contributed by atoms with Gasteiger partial charge < -0.3 is 4.74 Å². The fourth-order valence-electron chi connectivity index (χ4n) is 2.89. The van der Waals surface area contributed by atoms with Gasteiger partial charge in [-0.2, -0.15) is 5.11 Å². The van der Waals surface area contributed by atoms with E-state index in [2.05, 4.69) is 15.3 Å². The maximum absolute atomic E-state index is 14.4. The minimum atomic E-state index is -0.463. The third-order valence-electron chi connectivity index (χ3n) is 4.36. The Labute approximate surface area is 165 Å². The third kappa shape index (κ3) is 3.70. The molecule has 4 rings (SSSR count). The van der Waals surface area contributed by atoms with Crippen molar-refractivity contribution in [2.75, 3.05) is 7.11 Å². The number of ether oxygens (including phenoxy) is 1. The molecule has 7 heteroatoms. The summed E-state index contributed by atoms with van der Waals surface area (Å²) in [6, 6.07) is 22.1. The molecular weight excluding hydrogens is 371 g/mol. The molecule has 0 aliphatic rings. The van der Waals surface area contributed by atoms with Gasteiger partial charge in [0, 0.05) is 5.56 Å². The predicted octanol–water partition coefficient (Wildman–Crippen LogP) is 5.40. The first-order valence-electron chi connectivity index (χ1n) is 8.88. The molecule has 0 radical (unpaired) electrons. The van der Waals surface area contributed by atoms with Crippen LogP contribution in [0.1, 0.15) is 0 Å². The SMILES string of the molecule is COc1ccc(N=Nc2c(-c3ccccc3F)[nH]n(-c3ccccc3)c2=O)cc1. The van der Waals surface area contributed by atoms with Crippen LogP contribution in [0.5, 0.6) is 5.75 Å². The summed E-state index contributed by atoms with van der Waals surface area (Å²) >= 11 is 0. The summed E-state index contributed by atoms with van der Waals surface area (Å²) in [7, 11) is 1.57. The number of benzene rings is 3. The van der Waals surface area contributed by atoms with E-state index in [1.165, 1.54) is 10.7 Å². The van der Waals surface area contributed by atoms with Crippen LogP contribution in [-0.4, -0.2) is 16.9 Å². The molecule has 0 saturated carbocycles. The van der Waals surface area contributed by atoms with Crippen molar-refractivity contribution in [2.45, 2.75) is 0 Å². The number of H-pyrrole nitrogens is 1. The van der Waals surface area contributed by atoms with Crippen LogP contribution in [0.3, 0.4) is 0 Å². The van der Waals surface area contributed by atoms with Crippen LogP contribution in [0, 0.1) is 5.82 Å². The molecule has 1 heterocycles.